The fraction of sp³-hybridized carbons (Fsp3) is 0.400. The number of likely N-dealkylation sites (N-methyl/N-ethyl adjacent to an activating group) is 1. The second kappa shape index (κ2) is 11.3. The number of pyridine rings is 2. The fourth-order valence-electron chi connectivity index (χ4n) is 5.45. The molecule has 8 heteroatoms. The van der Waals surface area contributed by atoms with Crippen LogP contribution in [0.1, 0.15) is 57.4 Å². The Balaban J connectivity index is 1.09. The van der Waals surface area contributed by atoms with Crippen molar-refractivity contribution in [3.63, 3.8) is 0 Å². The van der Waals surface area contributed by atoms with Crippen LogP contribution >= 0.6 is 0 Å². The molecule has 5 heterocycles. The van der Waals surface area contributed by atoms with E-state index in [4.69, 9.17) is 0 Å². The Labute approximate surface area is 222 Å². The summed E-state index contributed by atoms with van der Waals surface area (Å²) in [6, 6.07) is 9.92. The summed E-state index contributed by atoms with van der Waals surface area (Å²) in [5.74, 6) is -0.570. The Morgan fingerprint density at radius 1 is 0.868 bits per heavy atom. The number of aryl methyl sites for hydroxylation is 1. The first-order chi connectivity index (χ1) is 18.5. The van der Waals surface area contributed by atoms with Crippen molar-refractivity contribution in [2.24, 2.45) is 0 Å². The van der Waals surface area contributed by atoms with Crippen LogP contribution in [0.5, 0.6) is 0 Å². The van der Waals surface area contributed by atoms with Crippen molar-refractivity contribution in [3.8, 4) is 0 Å². The summed E-state index contributed by atoms with van der Waals surface area (Å²) in [5.41, 5.74) is 3.33. The van der Waals surface area contributed by atoms with Crippen molar-refractivity contribution < 1.29 is 14.7 Å². The number of aromatic nitrogens is 4. The molecule has 0 bridgehead atoms. The van der Waals surface area contributed by atoms with E-state index in [1.165, 1.54) is 25.3 Å². The van der Waals surface area contributed by atoms with Crippen molar-refractivity contribution >= 4 is 39.5 Å². The van der Waals surface area contributed by atoms with Crippen LogP contribution in [0.2, 0.25) is 0 Å². The first kappa shape index (κ1) is 25.9. The normalized spacial score (nSPS) is 15.0. The number of hydrogen-bond acceptors (Lipinski definition) is 5. The van der Waals surface area contributed by atoms with Crippen LogP contribution in [0, 0.1) is 0 Å². The van der Waals surface area contributed by atoms with Crippen LogP contribution in [-0.4, -0.2) is 54.1 Å². The lowest BCUT2D eigenvalue weighted by molar-refractivity contribution is -0.135. The maximum atomic E-state index is 12.7. The van der Waals surface area contributed by atoms with Crippen LogP contribution in [0.25, 0.3) is 27.6 Å². The summed E-state index contributed by atoms with van der Waals surface area (Å²) < 4.78 is 4.14. The Morgan fingerprint density at radius 2 is 1.58 bits per heavy atom. The van der Waals surface area contributed by atoms with Crippen LogP contribution in [0.4, 0.5) is 0 Å². The minimum absolute atomic E-state index is 0.273. The van der Waals surface area contributed by atoms with Crippen molar-refractivity contribution in [2.75, 3.05) is 7.05 Å². The SMILES string of the molecule is CC1=C(c2cn(C[C@H](O)CCCCCCCCn3ccc4cccnc43)c3ncccc23)C(=O)N(C)C1=O. The lowest BCUT2D eigenvalue weighted by atomic mass is 10.0. The van der Waals surface area contributed by atoms with Crippen molar-refractivity contribution in [2.45, 2.75) is 71.1 Å². The monoisotopic (exact) mass is 513 g/mol. The van der Waals surface area contributed by atoms with E-state index in [2.05, 4.69) is 32.9 Å². The molecule has 4 aromatic heterocycles. The van der Waals surface area contributed by atoms with E-state index in [-0.39, 0.29) is 11.8 Å². The number of carbonyl (C=O) groups is 2. The molecule has 198 valence electrons. The molecule has 1 N–H and O–H groups in total. The molecule has 0 aliphatic carbocycles. The van der Waals surface area contributed by atoms with E-state index in [1.54, 1.807) is 13.1 Å². The lowest BCUT2D eigenvalue weighted by Crippen LogP contribution is -2.26. The van der Waals surface area contributed by atoms with Gasteiger partial charge in [0.15, 0.2) is 0 Å². The van der Waals surface area contributed by atoms with Gasteiger partial charge in [-0.05, 0) is 50.1 Å². The van der Waals surface area contributed by atoms with Crippen molar-refractivity contribution in [1.29, 1.82) is 0 Å². The molecule has 38 heavy (non-hydrogen) atoms. The zero-order valence-corrected chi connectivity index (χ0v) is 22.1. The number of aliphatic hydroxyl groups is 1. The third-order valence-corrected chi connectivity index (χ3v) is 7.54. The molecule has 0 spiro atoms. The van der Waals surface area contributed by atoms with E-state index in [0.29, 0.717) is 35.3 Å². The Morgan fingerprint density at radius 3 is 2.34 bits per heavy atom. The van der Waals surface area contributed by atoms with Crippen molar-refractivity contribution in [3.05, 3.63) is 66.3 Å². The highest BCUT2D eigenvalue weighted by Crippen LogP contribution is 2.33. The van der Waals surface area contributed by atoms with Gasteiger partial charge in [0, 0.05) is 60.3 Å². The molecule has 0 fully saturated rings. The molecule has 0 saturated heterocycles. The zero-order valence-electron chi connectivity index (χ0n) is 22.1. The van der Waals surface area contributed by atoms with E-state index in [9.17, 15) is 14.7 Å². The van der Waals surface area contributed by atoms with Crippen LogP contribution in [-0.2, 0) is 22.7 Å². The van der Waals surface area contributed by atoms with Gasteiger partial charge in [0.1, 0.15) is 11.3 Å². The highest BCUT2D eigenvalue weighted by molar-refractivity contribution is 6.36. The highest BCUT2D eigenvalue weighted by Gasteiger charge is 2.35. The van der Waals surface area contributed by atoms with Crippen LogP contribution in [0.3, 0.4) is 0 Å². The van der Waals surface area contributed by atoms with Gasteiger partial charge in [-0.25, -0.2) is 9.97 Å². The molecule has 5 rings (SSSR count). The van der Waals surface area contributed by atoms with Crippen LogP contribution < -0.4 is 0 Å². The molecule has 0 unspecified atom stereocenters. The summed E-state index contributed by atoms with van der Waals surface area (Å²) in [4.78, 5) is 35.2. The molecule has 0 saturated carbocycles. The van der Waals surface area contributed by atoms with E-state index in [0.717, 1.165) is 48.2 Å². The molecule has 1 aliphatic rings. The third-order valence-electron chi connectivity index (χ3n) is 7.54. The summed E-state index contributed by atoms with van der Waals surface area (Å²) in [5, 5.41) is 12.8. The summed E-state index contributed by atoms with van der Waals surface area (Å²) in [6.45, 7) is 3.08. The number of imide groups is 1. The number of aliphatic hydroxyl groups excluding tert-OH is 1. The predicted octanol–water partition coefficient (Wildman–Crippen LogP) is 4.95. The van der Waals surface area contributed by atoms with E-state index < -0.39 is 6.10 Å². The smallest absolute Gasteiger partial charge is 0.261 e. The van der Waals surface area contributed by atoms with Gasteiger partial charge in [0.25, 0.3) is 11.8 Å². The maximum absolute atomic E-state index is 12.7. The van der Waals surface area contributed by atoms with Gasteiger partial charge in [-0.2, -0.15) is 0 Å². The minimum atomic E-state index is -0.506. The fourth-order valence-corrected chi connectivity index (χ4v) is 5.45. The Hall–Kier alpha value is -3.78. The number of unbranched alkanes of at least 4 members (excludes halogenated alkanes) is 5. The maximum Gasteiger partial charge on any atom is 0.261 e. The molecule has 0 radical (unpaired) electrons. The average molecular weight is 514 g/mol. The molecule has 1 aliphatic heterocycles. The van der Waals surface area contributed by atoms with Gasteiger partial charge >= 0.3 is 0 Å². The number of hydrogen-bond donors (Lipinski definition) is 1. The highest BCUT2D eigenvalue weighted by atomic mass is 16.3. The third kappa shape index (κ3) is 5.13. The largest absolute Gasteiger partial charge is 0.391 e. The molecular formula is C30H35N5O3. The van der Waals surface area contributed by atoms with Gasteiger partial charge in [-0.1, -0.05) is 32.1 Å². The van der Waals surface area contributed by atoms with Crippen LogP contribution in [0.15, 0.2) is 60.7 Å². The Kier molecular flexibility index (Phi) is 7.69. The summed E-state index contributed by atoms with van der Waals surface area (Å²) >= 11 is 0. The minimum Gasteiger partial charge on any atom is -0.391 e. The lowest BCUT2D eigenvalue weighted by Gasteiger charge is -2.12. The molecule has 2 amide bonds. The predicted molar refractivity (Wildman–Crippen MR) is 148 cm³/mol. The molecule has 4 aromatic rings. The van der Waals surface area contributed by atoms with Gasteiger partial charge in [0.2, 0.25) is 0 Å². The standard InChI is InChI=1S/C30H35N5O3/c1-21-26(30(38)33(2)29(21)37)25-20-35(28-24(25)13-10-16-32-28)19-23(36)12-7-5-3-4-6-8-17-34-18-14-22-11-9-15-31-27(22)34/h9-11,13-16,18,20,23,36H,3-8,12,17,19H2,1-2H3/t23-/m1/s1. The van der Waals surface area contributed by atoms with E-state index >= 15 is 0 Å². The average Bonchev–Trinajstić information content (AvgIpc) is 3.56. The topological polar surface area (TPSA) is 93.2 Å². The second-order valence-electron chi connectivity index (χ2n) is 10.2. The number of rotatable bonds is 12. The molecule has 0 aromatic carbocycles. The summed E-state index contributed by atoms with van der Waals surface area (Å²) in [7, 11) is 1.50. The van der Waals surface area contributed by atoms with E-state index in [1.807, 2.05) is 35.2 Å². The molecule has 8 nitrogen and oxygen atoms in total. The number of fused-ring (bicyclic) bond motifs is 2. The Bertz CT molecular complexity index is 1500. The number of nitrogens with zero attached hydrogens (tertiary/aromatic N) is 5. The summed E-state index contributed by atoms with van der Waals surface area (Å²) in [6.07, 6.45) is 14.5. The van der Waals surface area contributed by atoms with Gasteiger partial charge in [0.05, 0.1) is 18.2 Å². The first-order valence-electron chi connectivity index (χ1n) is 13.5. The second-order valence-corrected chi connectivity index (χ2v) is 10.2. The quantitative estimate of drug-likeness (QED) is 0.214. The molecule has 1 atom stereocenters. The zero-order chi connectivity index (χ0) is 26.6. The molecular weight excluding hydrogens is 478 g/mol. The first-order valence-corrected chi connectivity index (χ1v) is 13.5. The van der Waals surface area contributed by atoms with Gasteiger partial charge < -0.3 is 14.2 Å². The number of carbonyl (C=O) groups excluding carboxylic acids is 2. The van der Waals surface area contributed by atoms with Gasteiger partial charge in [-0.3, -0.25) is 14.5 Å². The number of amides is 2. The van der Waals surface area contributed by atoms with Crippen molar-refractivity contribution in [1.82, 2.24) is 24.0 Å². The van der Waals surface area contributed by atoms with Gasteiger partial charge in [-0.15, -0.1) is 0 Å².